The number of amides is 1. The van der Waals surface area contributed by atoms with Gasteiger partial charge in [0.2, 0.25) is 5.91 Å². The molecule has 4 rings (SSSR count). The van der Waals surface area contributed by atoms with Crippen molar-refractivity contribution in [2.24, 2.45) is 0 Å². The normalized spacial score (nSPS) is 12.4. The molecule has 0 fully saturated rings. The summed E-state index contributed by atoms with van der Waals surface area (Å²) in [5.41, 5.74) is 4.52. The first-order valence-electron chi connectivity index (χ1n) is 10.7. The van der Waals surface area contributed by atoms with E-state index in [9.17, 15) is 9.59 Å². The van der Waals surface area contributed by atoms with Crippen molar-refractivity contribution in [2.45, 2.75) is 52.5 Å². The molecular weight excluding hydrogens is 390 g/mol. The van der Waals surface area contributed by atoms with Crippen LogP contribution in [0.5, 0.6) is 0 Å². The Morgan fingerprint density at radius 3 is 2.58 bits per heavy atom. The summed E-state index contributed by atoms with van der Waals surface area (Å²) in [6, 6.07) is 14.1. The van der Waals surface area contributed by atoms with Gasteiger partial charge in [0, 0.05) is 34.9 Å². The largest absolute Gasteiger partial charge is 0.464 e. The number of furan rings is 1. The molecule has 160 valence electrons. The van der Waals surface area contributed by atoms with Crippen LogP contribution in [0.3, 0.4) is 0 Å². The van der Waals surface area contributed by atoms with E-state index < -0.39 is 5.63 Å². The molecular formula is C26H27NO4. The molecule has 0 aliphatic heterocycles. The van der Waals surface area contributed by atoms with E-state index in [0.717, 1.165) is 34.7 Å². The molecule has 31 heavy (non-hydrogen) atoms. The lowest BCUT2D eigenvalue weighted by Crippen LogP contribution is -2.33. The Morgan fingerprint density at radius 2 is 1.81 bits per heavy atom. The number of aryl methyl sites for hydroxylation is 3. The second kappa shape index (κ2) is 8.80. The van der Waals surface area contributed by atoms with Crippen LogP contribution in [-0.4, -0.2) is 11.9 Å². The molecule has 2 aromatic heterocycles. The summed E-state index contributed by atoms with van der Waals surface area (Å²) in [6.07, 6.45) is 4.08. The summed E-state index contributed by atoms with van der Waals surface area (Å²) in [6.45, 7) is 5.90. The summed E-state index contributed by atoms with van der Waals surface area (Å²) in [7, 11) is 0. The van der Waals surface area contributed by atoms with E-state index in [1.54, 1.807) is 12.3 Å². The Morgan fingerprint density at radius 1 is 1.03 bits per heavy atom. The number of rotatable bonds is 7. The smallest absolute Gasteiger partial charge is 0.339 e. The first-order chi connectivity index (χ1) is 14.9. The molecule has 0 saturated heterocycles. The Hall–Kier alpha value is -3.34. The molecule has 0 aliphatic rings. The standard InChI is InChI=1S/C26H27NO4/c1-16-15-30-23-14-24-22(13-21(16)23)18(3)20(26(29)31-24)11-12-25(28)27-17(2)9-10-19-7-5-4-6-8-19/h4-8,13-15,17H,9-12H2,1-3H3,(H,27,28)/t17-/m1/s1. The van der Waals surface area contributed by atoms with Crippen LogP contribution in [0, 0.1) is 13.8 Å². The van der Waals surface area contributed by atoms with Crippen molar-refractivity contribution < 1.29 is 13.6 Å². The van der Waals surface area contributed by atoms with Crippen LogP contribution in [0.2, 0.25) is 0 Å². The number of carbonyl (C=O) groups excluding carboxylic acids is 1. The van der Waals surface area contributed by atoms with Crippen molar-refractivity contribution in [1.29, 1.82) is 0 Å². The summed E-state index contributed by atoms with van der Waals surface area (Å²) in [5, 5.41) is 4.92. The molecule has 5 heteroatoms. The second-order valence-electron chi connectivity index (χ2n) is 8.25. The lowest BCUT2D eigenvalue weighted by Gasteiger charge is -2.14. The zero-order valence-electron chi connectivity index (χ0n) is 18.2. The number of benzene rings is 2. The first-order valence-corrected chi connectivity index (χ1v) is 10.7. The van der Waals surface area contributed by atoms with Gasteiger partial charge in [-0.1, -0.05) is 30.3 Å². The highest BCUT2D eigenvalue weighted by molar-refractivity contribution is 5.96. The number of hydrogen-bond acceptors (Lipinski definition) is 4. The van der Waals surface area contributed by atoms with Crippen LogP contribution in [-0.2, 0) is 17.6 Å². The van der Waals surface area contributed by atoms with Crippen molar-refractivity contribution in [3.8, 4) is 0 Å². The summed E-state index contributed by atoms with van der Waals surface area (Å²) in [4.78, 5) is 25.0. The summed E-state index contributed by atoms with van der Waals surface area (Å²) < 4.78 is 11.1. The molecule has 4 aromatic rings. The lowest BCUT2D eigenvalue weighted by molar-refractivity contribution is -0.121. The maximum atomic E-state index is 12.6. The second-order valence-corrected chi connectivity index (χ2v) is 8.25. The predicted octanol–water partition coefficient (Wildman–Crippen LogP) is 5.23. The zero-order valence-corrected chi connectivity index (χ0v) is 18.2. The molecule has 2 heterocycles. The maximum absolute atomic E-state index is 12.6. The van der Waals surface area contributed by atoms with Crippen LogP contribution in [0.25, 0.3) is 21.9 Å². The Bertz CT molecular complexity index is 1280. The summed E-state index contributed by atoms with van der Waals surface area (Å²) >= 11 is 0. The van der Waals surface area contributed by atoms with Gasteiger partial charge >= 0.3 is 5.63 Å². The van der Waals surface area contributed by atoms with Gasteiger partial charge in [0.1, 0.15) is 11.2 Å². The van der Waals surface area contributed by atoms with Crippen LogP contribution >= 0.6 is 0 Å². The van der Waals surface area contributed by atoms with Gasteiger partial charge in [0.05, 0.1) is 6.26 Å². The zero-order chi connectivity index (χ0) is 22.0. The van der Waals surface area contributed by atoms with Crippen LogP contribution in [0.1, 0.15) is 42.0 Å². The van der Waals surface area contributed by atoms with Crippen LogP contribution in [0.15, 0.2) is 62.4 Å². The van der Waals surface area contributed by atoms with E-state index in [2.05, 4.69) is 17.4 Å². The van der Waals surface area contributed by atoms with Crippen molar-refractivity contribution >= 4 is 27.8 Å². The van der Waals surface area contributed by atoms with Crippen LogP contribution < -0.4 is 10.9 Å². The molecule has 0 bridgehead atoms. The minimum absolute atomic E-state index is 0.0550. The Kier molecular flexibility index (Phi) is 5.94. The predicted molar refractivity (Wildman–Crippen MR) is 122 cm³/mol. The van der Waals surface area contributed by atoms with Crippen molar-refractivity contribution in [3.63, 3.8) is 0 Å². The average Bonchev–Trinajstić information content (AvgIpc) is 3.11. The molecule has 0 saturated carbocycles. The third-order valence-electron chi connectivity index (χ3n) is 5.89. The van der Waals surface area contributed by atoms with Gasteiger partial charge in [0.25, 0.3) is 0 Å². The molecule has 0 unspecified atom stereocenters. The van der Waals surface area contributed by atoms with E-state index in [-0.39, 0.29) is 18.4 Å². The average molecular weight is 418 g/mol. The quantitative estimate of drug-likeness (QED) is 0.418. The third-order valence-corrected chi connectivity index (χ3v) is 5.89. The highest BCUT2D eigenvalue weighted by Gasteiger charge is 2.16. The third kappa shape index (κ3) is 4.55. The number of nitrogens with one attached hydrogen (secondary N) is 1. The molecule has 5 nitrogen and oxygen atoms in total. The minimum atomic E-state index is -0.391. The van der Waals surface area contributed by atoms with E-state index in [0.29, 0.717) is 23.2 Å². The van der Waals surface area contributed by atoms with E-state index in [1.807, 2.05) is 45.0 Å². The highest BCUT2D eigenvalue weighted by Crippen LogP contribution is 2.29. The molecule has 1 N–H and O–H groups in total. The van der Waals surface area contributed by atoms with Gasteiger partial charge in [-0.05, 0) is 62.8 Å². The van der Waals surface area contributed by atoms with Gasteiger partial charge in [-0.3, -0.25) is 4.79 Å². The molecule has 1 atom stereocenters. The topological polar surface area (TPSA) is 72.5 Å². The van der Waals surface area contributed by atoms with Gasteiger partial charge < -0.3 is 14.2 Å². The van der Waals surface area contributed by atoms with Gasteiger partial charge in [0.15, 0.2) is 0 Å². The Labute approximate surface area is 181 Å². The minimum Gasteiger partial charge on any atom is -0.464 e. The highest BCUT2D eigenvalue weighted by atomic mass is 16.4. The fourth-order valence-electron chi connectivity index (χ4n) is 4.01. The fourth-order valence-corrected chi connectivity index (χ4v) is 4.01. The van der Waals surface area contributed by atoms with Gasteiger partial charge in [-0.15, -0.1) is 0 Å². The molecule has 0 aliphatic carbocycles. The monoisotopic (exact) mass is 417 g/mol. The van der Waals surface area contributed by atoms with Crippen molar-refractivity contribution in [1.82, 2.24) is 5.32 Å². The molecule has 0 radical (unpaired) electrons. The van der Waals surface area contributed by atoms with Crippen LogP contribution in [0.4, 0.5) is 0 Å². The van der Waals surface area contributed by atoms with Gasteiger partial charge in [-0.2, -0.15) is 0 Å². The SMILES string of the molecule is Cc1coc2cc3oc(=O)c(CCC(=O)N[C@H](C)CCc4ccccc4)c(C)c3cc12. The van der Waals surface area contributed by atoms with E-state index in [4.69, 9.17) is 8.83 Å². The lowest BCUT2D eigenvalue weighted by atomic mass is 10.0. The maximum Gasteiger partial charge on any atom is 0.339 e. The molecule has 2 aromatic carbocycles. The first kappa shape index (κ1) is 20.9. The van der Waals surface area contributed by atoms with Crippen molar-refractivity contribution in [2.75, 3.05) is 0 Å². The number of hydrogen-bond donors (Lipinski definition) is 1. The van der Waals surface area contributed by atoms with E-state index >= 15 is 0 Å². The molecule has 1 amide bonds. The number of fused-ring (bicyclic) bond motifs is 2. The van der Waals surface area contributed by atoms with Gasteiger partial charge in [-0.25, -0.2) is 4.79 Å². The van der Waals surface area contributed by atoms with E-state index in [1.165, 1.54) is 5.56 Å². The Balaban J connectivity index is 1.43. The summed E-state index contributed by atoms with van der Waals surface area (Å²) in [5.74, 6) is -0.0550. The number of carbonyl (C=O) groups is 1. The molecule has 0 spiro atoms. The van der Waals surface area contributed by atoms with Crippen molar-refractivity contribution in [3.05, 3.63) is 81.4 Å². The fraction of sp³-hybridized carbons (Fsp3) is 0.308.